The van der Waals surface area contributed by atoms with Crippen molar-refractivity contribution in [1.82, 2.24) is 4.31 Å². The third-order valence-corrected chi connectivity index (χ3v) is 9.16. The van der Waals surface area contributed by atoms with Crippen molar-refractivity contribution in [1.29, 1.82) is 0 Å². The van der Waals surface area contributed by atoms with E-state index in [0.717, 1.165) is 24.2 Å². The van der Waals surface area contributed by atoms with Crippen molar-refractivity contribution in [3.8, 4) is 0 Å². The van der Waals surface area contributed by atoms with Gasteiger partial charge in [-0.25, -0.2) is 16.8 Å². The molecule has 10 heteroatoms. The highest BCUT2D eigenvalue weighted by Gasteiger charge is 2.28. The predicted molar refractivity (Wildman–Crippen MR) is 104 cm³/mol. The Labute approximate surface area is 162 Å². The smallest absolute Gasteiger partial charge is 0.271 e. The number of anilines is 1. The van der Waals surface area contributed by atoms with Crippen LogP contribution in [0.3, 0.4) is 0 Å². The molecule has 3 rings (SSSR count). The van der Waals surface area contributed by atoms with Gasteiger partial charge < -0.3 is 0 Å². The Balaban J connectivity index is 1.78. The SMILES string of the molecule is CC1CCCN(S(=O)(=O)c2ccc(NS(=O)(=O)c3ccc(Cl)s3)cc2)C1. The van der Waals surface area contributed by atoms with Crippen LogP contribution in [0.25, 0.3) is 0 Å². The third kappa shape index (κ3) is 4.23. The molecule has 1 saturated heterocycles. The maximum atomic E-state index is 12.7. The van der Waals surface area contributed by atoms with E-state index in [1.54, 1.807) is 0 Å². The van der Waals surface area contributed by atoms with E-state index in [9.17, 15) is 16.8 Å². The van der Waals surface area contributed by atoms with Gasteiger partial charge in [0, 0.05) is 18.8 Å². The van der Waals surface area contributed by atoms with Gasteiger partial charge in [0.25, 0.3) is 10.0 Å². The highest BCUT2D eigenvalue weighted by atomic mass is 35.5. The zero-order chi connectivity index (χ0) is 18.9. The lowest BCUT2D eigenvalue weighted by molar-refractivity contribution is 0.281. The molecule has 0 saturated carbocycles. The lowest BCUT2D eigenvalue weighted by atomic mass is 10.0. The summed E-state index contributed by atoms with van der Waals surface area (Å²) in [4.78, 5) is 0.161. The summed E-state index contributed by atoms with van der Waals surface area (Å²) in [5.74, 6) is 0.335. The number of rotatable bonds is 5. The average molecular weight is 435 g/mol. The zero-order valence-electron chi connectivity index (χ0n) is 14.1. The minimum atomic E-state index is -3.74. The normalized spacial score (nSPS) is 19.4. The van der Waals surface area contributed by atoms with Crippen molar-refractivity contribution in [2.24, 2.45) is 5.92 Å². The van der Waals surface area contributed by atoms with Gasteiger partial charge >= 0.3 is 0 Å². The summed E-state index contributed by atoms with van der Waals surface area (Å²) in [5, 5.41) is 0. The van der Waals surface area contributed by atoms with Crippen molar-refractivity contribution in [3.63, 3.8) is 0 Å². The minimum absolute atomic E-state index is 0.0986. The van der Waals surface area contributed by atoms with Gasteiger partial charge in [-0.15, -0.1) is 11.3 Å². The van der Waals surface area contributed by atoms with Gasteiger partial charge in [0.2, 0.25) is 10.0 Å². The van der Waals surface area contributed by atoms with Crippen LogP contribution in [0.2, 0.25) is 4.34 Å². The fraction of sp³-hybridized carbons (Fsp3) is 0.375. The molecule has 1 atom stereocenters. The number of thiophene rings is 1. The fourth-order valence-electron chi connectivity index (χ4n) is 2.86. The summed E-state index contributed by atoms with van der Waals surface area (Å²) in [6.45, 7) is 3.06. The minimum Gasteiger partial charge on any atom is -0.279 e. The summed E-state index contributed by atoms with van der Waals surface area (Å²) in [6, 6.07) is 8.68. The van der Waals surface area contributed by atoms with E-state index in [-0.39, 0.29) is 9.10 Å². The van der Waals surface area contributed by atoms with Crippen LogP contribution in [-0.2, 0) is 20.0 Å². The summed E-state index contributed by atoms with van der Waals surface area (Å²) in [5.41, 5.74) is 0.292. The molecule has 1 aromatic heterocycles. The maximum Gasteiger partial charge on any atom is 0.271 e. The molecule has 1 aromatic carbocycles. The molecule has 1 N–H and O–H groups in total. The van der Waals surface area contributed by atoms with Crippen molar-refractivity contribution in [2.45, 2.75) is 28.9 Å². The average Bonchev–Trinajstić information content (AvgIpc) is 3.02. The lowest BCUT2D eigenvalue weighted by Gasteiger charge is -2.30. The first-order valence-electron chi connectivity index (χ1n) is 8.07. The van der Waals surface area contributed by atoms with E-state index in [0.29, 0.717) is 29.0 Å². The molecule has 0 aliphatic carbocycles. The molecular formula is C16H19ClN2O4S3. The number of piperidine rings is 1. The van der Waals surface area contributed by atoms with Gasteiger partial charge in [-0.1, -0.05) is 18.5 Å². The molecule has 1 fully saturated rings. The van der Waals surface area contributed by atoms with E-state index in [2.05, 4.69) is 4.72 Å². The second-order valence-corrected chi connectivity index (χ2v) is 11.9. The lowest BCUT2D eigenvalue weighted by Crippen LogP contribution is -2.39. The molecule has 142 valence electrons. The Morgan fingerprint density at radius 2 is 1.81 bits per heavy atom. The zero-order valence-corrected chi connectivity index (χ0v) is 17.3. The van der Waals surface area contributed by atoms with Crippen LogP contribution in [0.15, 0.2) is 45.5 Å². The van der Waals surface area contributed by atoms with Gasteiger partial charge in [-0.3, -0.25) is 4.72 Å². The largest absolute Gasteiger partial charge is 0.279 e. The summed E-state index contributed by atoms with van der Waals surface area (Å²) in [7, 11) is -7.31. The molecule has 26 heavy (non-hydrogen) atoms. The standard InChI is InChI=1S/C16H19ClN2O4S3/c1-12-3-2-10-19(11-12)26(22,23)14-6-4-13(5-7-14)18-25(20,21)16-9-8-15(17)24-16/h4-9,12,18H,2-3,10-11H2,1H3. The number of hydrogen-bond acceptors (Lipinski definition) is 5. The van der Waals surface area contributed by atoms with Crippen LogP contribution >= 0.6 is 22.9 Å². The van der Waals surface area contributed by atoms with Crippen LogP contribution in [0.4, 0.5) is 5.69 Å². The predicted octanol–water partition coefficient (Wildman–Crippen LogP) is 3.62. The summed E-state index contributed by atoms with van der Waals surface area (Å²) >= 11 is 6.73. The number of benzene rings is 1. The van der Waals surface area contributed by atoms with E-state index >= 15 is 0 Å². The monoisotopic (exact) mass is 434 g/mol. The number of sulfonamides is 2. The molecule has 0 bridgehead atoms. The van der Waals surface area contributed by atoms with Gasteiger partial charge in [-0.2, -0.15) is 4.31 Å². The van der Waals surface area contributed by atoms with Gasteiger partial charge in [0.1, 0.15) is 4.21 Å². The number of nitrogens with zero attached hydrogens (tertiary/aromatic N) is 1. The molecule has 1 aliphatic rings. The summed E-state index contributed by atoms with van der Waals surface area (Å²) < 4.78 is 54.4. The molecule has 2 aromatic rings. The number of nitrogens with one attached hydrogen (secondary N) is 1. The first-order chi connectivity index (χ1) is 12.2. The van der Waals surface area contributed by atoms with Crippen LogP contribution < -0.4 is 4.72 Å². The Bertz CT molecular complexity index is 985. The second kappa shape index (κ2) is 7.47. The van der Waals surface area contributed by atoms with Gasteiger partial charge in [-0.05, 0) is 55.2 Å². The quantitative estimate of drug-likeness (QED) is 0.778. The topological polar surface area (TPSA) is 83.6 Å². The first-order valence-corrected chi connectivity index (χ1v) is 12.2. The van der Waals surface area contributed by atoms with Gasteiger partial charge in [0.05, 0.1) is 9.23 Å². The van der Waals surface area contributed by atoms with Crippen molar-refractivity contribution in [3.05, 3.63) is 40.7 Å². The first kappa shape index (κ1) is 19.6. The Morgan fingerprint density at radius 3 is 2.38 bits per heavy atom. The molecular weight excluding hydrogens is 416 g/mol. The van der Waals surface area contributed by atoms with E-state index < -0.39 is 20.0 Å². The van der Waals surface area contributed by atoms with Crippen LogP contribution in [0.5, 0.6) is 0 Å². The Kier molecular flexibility index (Phi) is 5.64. The molecule has 1 unspecified atom stereocenters. The molecule has 0 radical (unpaired) electrons. The Morgan fingerprint density at radius 1 is 1.12 bits per heavy atom. The Hall–Kier alpha value is -1.13. The molecule has 0 spiro atoms. The van der Waals surface area contributed by atoms with E-state index in [4.69, 9.17) is 11.6 Å². The van der Waals surface area contributed by atoms with Gasteiger partial charge in [0.15, 0.2) is 0 Å². The number of halogens is 1. The van der Waals surface area contributed by atoms with E-state index in [1.807, 2.05) is 6.92 Å². The molecule has 2 heterocycles. The molecule has 1 aliphatic heterocycles. The highest BCUT2D eigenvalue weighted by Crippen LogP contribution is 2.28. The second-order valence-electron chi connectivity index (χ2n) is 6.30. The maximum absolute atomic E-state index is 12.7. The third-order valence-electron chi connectivity index (χ3n) is 4.18. The highest BCUT2D eigenvalue weighted by molar-refractivity contribution is 7.94. The van der Waals surface area contributed by atoms with Crippen molar-refractivity contribution < 1.29 is 16.8 Å². The molecule has 0 amide bonds. The van der Waals surface area contributed by atoms with Crippen LogP contribution in [-0.4, -0.2) is 34.2 Å². The number of hydrogen-bond donors (Lipinski definition) is 1. The molecule has 6 nitrogen and oxygen atoms in total. The summed E-state index contributed by atoms with van der Waals surface area (Å²) in [6.07, 6.45) is 1.88. The fourth-order valence-corrected chi connectivity index (χ4v) is 7.00. The van der Waals surface area contributed by atoms with Crippen LogP contribution in [0, 0.1) is 5.92 Å². The van der Waals surface area contributed by atoms with Crippen molar-refractivity contribution in [2.75, 3.05) is 17.8 Å². The van der Waals surface area contributed by atoms with Crippen LogP contribution in [0.1, 0.15) is 19.8 Å². The van der Waals surface area contributed by atoms with Crippen molar-refractivity contribution >= 4 is 48.7 Å². The van der Waals surface area contributed by atoms with E-state index in [1.165, 1.54) is 40.7 Å².